The van der Waals surface area contributed by atoms with E-state index in [1.54, 1.807) is 36.0 Å². The van der Waals surface area contributed by atoms with Crippen LogP contribution in [0.2, 0.25) is 0 Å². The highest BCUT2D eigenvalue weighted by Crippen LogP contribution is 2.22. The van der Waals surface area contributed by atoms with Crippen molar-refractivity contribution in [2.75, 3.05) is 43.6 Å². The van der Waals surface area contributed by atoms with E-state index >= 15 is 0 Å². The number of benzene rings is 1. The second-order valence-electron chi connectivity index (χ2n) is 6.21. The topological polar surface area (TPSA) is 121 Å². The highest BCUT2D eigenvalue weighted by Gasteiger charge is 2.27. The van der Waals surface area contributed by atoms with Crippen LogP contribution < -0.4 is 15.4 Å². The first-order chi connectivity index (χ1) is 13.9. The number of carbonyl (C=O) groups excluding carboxylic acids is 2. The van der Waals surface area contributed by atoms with Gasteiger partial charge in [-0.05, 0) is 18.2 Å². The minimum atomic E-state index is -3.62. The van der Waals surface area contributed by atoms with Crippen molar-refractivity contribution >= 4 is 39.3 Å². The number of ether oxygens (including phenoxy) is 1. The Labute approximate surface area is 173 Å². The third-order valence-electron chi connectivity index (χ3n) is 4.25. The average molecular weight is 439 g/mol. The first-order valence-electron chi connectivity index (χ1n) is 8.91. The van der Waals surface area contributed by atoms with Gasteiger partial charge < -0.3 is 20.4 Å². The number of aromatic nitrogens is 1. The summed E-state index contributed by atoms with van der Waals surface area (Å²) in [6.07, 6.45) is 1.33. The summed E-state index contributed by atoms with van der Waals surface area (Å²) >= 11 is 1.72. The molecule has 156 valence electrons. The zero-order valence-corrected chi connectivity index (χ0v) is 17.4. The lowest BCUT2D eigenvalue weighted by molar-refractivity contribution is -0.122. The molecule has 11 heteroatoms. The highest BCUT2D eigenvalue weighted by atomic mass is 32.2. The zero-order valence-electron chi connectivity index (χ0n) is 15.8. The Morgan fingerprint density at radius 2 is 2.00 bits per heavy atom. The van der Waals surface area contributed by atoms with Crippen molar-refractivity contribution in [2.45, 2.75) is 4.90 Å². The van der Waals surface area contributed by atoms with Crippen LogP contribution in [-0.2, 0) is 14.8 Å². The van der Waals surface area contributed by atoms with Crippen molar-refractivity contribution in [3.8, 4) is 5.75 Å². The molecular weight excluding hydrogens is 416 g/mol. The van der Waals surface area contributed by atoms with Crippen LogP contribution in [-0.4, -0.2) is 67.8 Å². The number of nitrogens with one attached hydrogen (secondary N) is 3. The molecule has 1 aliphatic rings. The van der Waals surface area contributed by atoms with Gasteiger partial charge in [0, 0.05) is 49.6 Å². The molecule has 2 amide bonds. The number of rotatable bonds is 7. The maximum Gasteiger partial charge on any atom is 0.272 e. The molecule has 0 aliphatic carbocycles. The van der Waals surface area contributed by atoms with Crippen LogP contribution in [0.3, 0.4) is 0 Å². The number of anilines is 1. The fourth-order valence-electron chi connectivity index (χ4n) is 2.67. The molecule has 1 aliphatic heterocycles. The Bertz CT molecular complexity index is 984. The number of likely N-dealkylation sites (N-methyl/N-ethyl adjacent to an activating group) is 1. The molecule has 9 nitrogen and oxygen atoms in total. The Balaban J connectivity index is 1.67. The summed E-state index contributed by atoms with van der Waals surface area (Å²) in [5.74, 6) is 1.19. The SMILES string of the molecule is CNC(=O)COc1cccc(NC(=O)c2cc(S(=O)(=O)N3CCSCC3)c[nH]2)c1. The number of hydrogen-bond acceptors (Lipinski definition) is 6. The van der Waals surface area contributed by atoms with E-state index in [1.807, 2.05) is 0 Å². The van der Waals surface area contributed by atoms with E-state index in [9.17, 15) is 18.0 Å². The van der Waals surface area contributed by atoms with Crippen molar-refractivity contribution in [3.05, 3.63) is 42.2 Å². The zero-order chi connectivity index (χ0) is 20.9. The van der Waals surface area contributed by atoms with Gasteiger partial charge in [0.15, 0.2) is 6.61 Å². The molecule has 29 heavy (non-hydrogen) atoms. The predicted molar refractivity (Wildman–Crippen MR) is 111 cm³/mol. The summed E-state index contributed by atoms with van der Waals surface area (Å²) < 4.78 is 32.2. The normalized spacial score (nSPS) is 14.9. The van der Waals surface area contributed by atoms with Crippen LogP contribution in [0.1, 0.15) is 10.5 Å². The lowest BCUT2D eigenvalue weighted by Gasteiger charge is -2.24. The fraction of sp³-hybridized carbons (Fsp3) is 0.333. The van der Waals surface area contributed by atoms with Crippen LogP contribution in [0.5, 0.6) is 5.75 Å². The summed E-state index contributed by atoms with van der Waals surface area (Å²) in [5, 5.41) is 5.13. The van der Waals surface area contributed by atoms with Gasteiger partial charge in [-0.1, -0.05) is 6.07 Å². The van der Waals surface area contributed by atoms with Gasteiger partial charge in [0.25, 0.3) is 11.8 Å². The van der Waals surface area contributed by atoms with Crippen molar-refractivity contribution in [2.24, 2.45) is 0 Å². The number of sulfonamides is 1. The van der Waals surface area contributed by atoms with E-state index in [4.69, 9.17) is 4.74 Å². The van der Waals surface area contributed by atoms with Crippen LogP contribution in [0.25, 0.3) is 0 Å². The molecule has 0 radical (unpaired) electrons. The van der Waals surface area contributed by atoms with Gasteiger partial charge in [0.2, 0.25) is 10.0 Å². The van der Waals surface area contributed by atoms with Crippen molar-refractivity contribution in [1.82, 2.24) is 14.6 Å². The lowest BCUT2D eigenvalue weighted by Crippen LogP contribution is -2.37. The molecule has 1 aromatic carbocycles. The fourth-order valence-corrected chi connectivity index (χ4v) is 5.24. The minimum Gasteiger partial charge on any atom is -0.484 e. The smallest absolute Gasteiger partial charge is 0.272 e. The number of nitrogens with zero attached hydrogens (tertiary/aromatic N) is 1. The summed E-state index contributed by atoms with van der Waals surface area (Å²) in [6.45, 7) is 0.784. The van der Waals surface area contributed by atoms with Gasteiger partial charge in [-0.25, -0.2) is 8.42 Å². The molecule has 1 fully saturated rings. The monoisotopic (exact) mass is 438 g/mol. The predicted octanol–water partition coefficient (Wildman–Crippen LogP) is 1.13. The first-order valence-corrected chi connectivity index (χ1v) is 11.5. The number of H-pyrrole nitrogens is 1. The second-order valence-corrected chi connectivity index (χ2v) is 9.37. The molecule has 0 atom stereocenters. The van der Waals surface area contributed by atoms with Gasteiger partial charge in [0.1, 0.15) is 16.3 Å². The maximum atomic E-state index is 12.7. The van der Waals surface area contributed by atoms with E-state index in [0.717, 1.165) is 11.5 Å². The second kappa shape index (κ2) is 9.33. The van der Waals surface area contributed by atoms with E-state index < -0.39 is 15.9 Å². The summed E-state index contributed by atoms with van der Waals surface area (Å²) in [6, 6.07) is 7.91. The molecule has 2 aromatic rings. The Kier molecular flexibility index (Phi) is 6.83. The van der Waals surface area contributed by atoms with Gasteiger partial charge in [-0.2, -0.15) is 16.1 Å². The lowest BCUT2D eigenvalue weighted by atomic mass is 10.3. The van der Waals surface area contributed by atoms with Crippen molar-refractivity contribution in [1.29, 1.82) is 0 Å². The average Bonchev–Trinajstić information content (AvgIpc) is 3.24. The number of thioether (sulfide) groups is 1. The molecule has 2 heterocycles. The van der Waals surface area contributed by atoms with Crippen LogP contribution in [0.4, 0.5) is 5.69 Å². The first kappa shape index (κ1) is 21.2. The third-order valence-corrected chi connectivity index (χ3v) is 7.07. The van der Waals surface area contributed by atoms with Crippen LogP contribution in [0, 0.1) is 0 Å². The molecule has 0 bridgehead atoms. The molecule has 3 rings (SSSR count). The standard InChI is InChI=1S/C18H22N4O5S2/c1-19-17(23)12-27-14-4-2-3-13(9-14)21-18(24)16-10-15(11-20-16)29(25,26)22-5-7-28-8-6-22/h2-4,9-11,20H,5-8,12H2,1H3,(H,19,23)(H,21,24). The van der Waals surface area contributed by atoms with Gasteiger partial charge in [-0.15, -0.1) is 0 Å². The van der Waals surface area contributed by atoms with Gasteiger partial charge in [-0.3, -0.25) is 9.59 Å². The third kappa shape index (κ3) is 5.31. The highest BCUT2D eigenvalue weighted by molar-refractivity contribution is 7.99. The number of hydrogen-bond donors (Lipinski definition) is 3. The van der Waals surface area contributed by atoms with Crippen LogP contribution in [0.15, 0.2) is 41.4 Å². The molecular formula is C18H22N4O5S2. The number of amides is 2. The number of aromatic amines is 1. The summed E-state index contributed by atoms with van der Waals surface area (Å²) in [5.41, 5.74) is 0.586. The Hall–Kier alpha value is -2.50. The van der Waals surface area contributed by atoms with E-state index in [2.05, 4.69) is 15.6 Å². The van der Waals surface area contributed by atoms with Gasteiger partial charge in [0.05, 0.1) is 0 Å². The van der Waals surface area contributed by atoms with Crippen LogP contribution >= 0.6 is 11.8 Å². The van der Waals surface area contributed by atoms with Crippen molar-refractivity contribution < 1.29 is 22.7 Å². The number of carbonyl (C=O) groups is 2. The summed E-state index contributed by atoms with van der Waals surface area (Å²) in [7, 11) is -2.11. The Morgan fingerprint density at radius 3 is 2.72 bits per heavy atom. The Morgan fingerprint density at radius 1 is 1.24 bits per heavy atom. The molecule has 1 saturated heterocycles. The van der Waals surface area contributed by atoms with E-state index in [-0.39, 0.29) is 23.1 Å². The largest absolute Gasteiger partial charge is 0.484 e. The van der Waals surface area contributed by atoms with E-state index in [0.29, 0.717) is 24.5 Å². The molecule has 0 unspecified atom stereocenters. The summed E-state index contributed by atoms with van der Waals surface area (Å²) in [4.78, 5) is 26.6. The maximum absolute atomic E-state index is 12.7. The molecule has 0 saturated carbocycles. The molecule has 3 N–H and O–H groups in total. The minimum absolute atomic E-state index is 0.0669. The van der Waals surface area contributed by atoms with Crippen molar-refractivity contribution in [3.63, 3.8) is 0 Å². The molecule has 1 aromatic heterocycles. The van der Waals surface area contributed by atoms with E-state index in [1.165, 1.54) is 23.6 Å². The quantitative estimate of drug-likeness (QED) is 0.596. The van der Waals surface area contributed by atoms with Gasteiger partial charge >= 0.3 is 0 Å². The molecule has 0 spiro atoms.